The Labute approximate surface area is 91.4 Å². The van der Waals surface area contributed by atoms with Crippen LogP contribution in [0.5, 0.6) is 0 Å². The smallest absolute Gasteiger partial charge is 0.322 e. The third-order valence-corrected chi connectivity index (χ3v) is 2.00. The number of carbonyl (C=O) groups is 1. The van der Waals surface area contributed by atoms with Crippen LogP contribution in [0, 0.1) is 0 Å². The first-order chi connectivity index (χ1) is 6.78. The number of ether oxygens (including phenoxy) is 1. The fraction of sp³-hybridized carbons (Fsp3) is 0.900. The van der Waals surface area contributed by atoms with Crippen LogP contribution in [0.1, 0.15) is 13.8 Å². The molecule has 0 fully saturated rings. The van der Waals surface area contributed by atoms with Crippen LogP contribution in [0.3, 0.4) is 0 Å². The summed E-state index contributed by atoms with van der Waals surface area (Å²) in [5.41, 5.74) is -0.855. The number of aliphatic hydroxyl groups is 1. The van der Waals surface area contributed by atoms with E-state index in [1.165, 1.54) is 7.11 Å². The zero-order chi connectivity index (χ0) is 12.1. The lowest BCUT2D eigenvalue weighted by molar-refractivity contribution is -0.142. The molecule has 0 spiro atoms. The average Bonchev–Trinajstić information content (AvgIpc) is 2.11. The Morgan fingerprint density at radius 2 is 2.13 bits per heavy atom. The summed E-state index contributed by atoms with van der Waals surface area (Å²) in [5, 5.41) is 12.9. The Morgan fingerprint density at radius 3 is 2.53 bits per heavy atom. The summed E-state index contributed by atoms with van der Waals surface area (Å²) < 4.78 is 4.56. The highest BCUT2D eigenvalue weighted by Gasteiger charge is 2.23. The second-order valence-electron chi connectivity index (χ2n) is 4.36. The number of likely N-dealkylation sites (N-methyl/N-ethyl adjacent to an activating group) is 1. The molecular weight excluding hydrogens is 196 g/mol. The number of hydrogen-bond acceptors (Lipinski definition) is 5. The molecule has 0 bridgehead atoms. The van der Waals surface area contributed by atoms with Crippen molar-refractivity contribution in [1.29, 1.82) is 0 Å². The molecule has 0 aromatic carbocycles. The quantitative estimate of drug-likeness (QED) is 0.586. The highest BCUT2D eigenvalue weighted by Crippen LogP contribution is 2.03. The van der Waals surface area contributed by atoms with E-state index in [0.29, 0.717) is 13.1 Å². The number of methoxy groups -OCH3 is 1. The summed E-state index contributed by atoms with van der Waals surface area (Å²) in [6.45, 7) is 4.32. The largest absolute Gasteiger partial charge is 0.468 e. The third-order valence-electron chi connectivity index (χ3n) is 2.00. The van der Waals surface area contributed by atoms with Gasteiger partial charge in [0.05, 0.1) is 12.7 Å². The monoisotopic (exact) mass is 218 g/mol. The second-order valence-corrected chi connectivity index (χ2v) is 4.36. The molecule has 0 aliphatic carbocycles. The topological polar surface area (TPSA) is 61.8 Å². The van der Waals surface area contributed by atoms with E-state index in [1.807, 2.05) is 19.0 Å². The van der Waals surface area contributed by atoms with Crippen LogP contribution in [0.2, 0.25) is 0 Å². The molecule has 2 unspecified atom stereocenters. The number of nitrogens with one attached hydrogen (secondary N) is 1. The first-order valence-corrected chi connectivity index (χ1v) is 4.97. The molecule has 0 amide bonds. The van der Waals surface area contributed by atoms with Crippen molar-refractivity contribution < 1.29 is 14.6 Å². The predicted molar refractivity (Wildman–Crippen MR) is 58.7 cm³/mol. The average molecular weight is 218 g/mol. The summed E-state index contributed by atoms with van der Waals surface area (Å²) >= 11 is 0. The van der Waals surface area contributed by atoms with Crippen LogP contribution in [0.25, 0.3) is 0 Å². The maximum absolute atomic E-state index is 11.1. The molecule has 15 heavy (non-hydrogen) atoms. The molecular formula is C10H22N2O3. The van der Waals surface area contributed by atoms with Crippen LogP contribution in [0.15, 0.2) is 0 Å². The molecule has 0 rings (SSSR count). The van der Waals surface area contributed by atoms with Crippen molar-refractivity contribution in [2.45, 2.75) is 25.5 Å². The molecule has 0 aromatic heterocycles. The van der Waals surface area contributed by atoms with Gasteiger partial charge in [0, 0.05) is 13.1 Å². The van der Waals surface area contributed by atoms with Gasteiger partial charge < -0.3 is 20.1 Å². The first kappa shape index (κ1) is 14.3. The van der Waals surface area contributed by atoms with E-state index in [9.17, 15) is 9.90 Å². The van der Waals surface area contributed by atoms with Gasteiger partial charge in [0.25, 0.3) is 0 Å². The molecule has 0 aliphatic heterocycles. The van der Waals surface area contributed by atoms with Crippen molar-refractivity contribution >= 4 is 5.97 Å². The fourth-order valence-corrected chi connectivity index (χ4v) is 1.37. The minimum atomic E-state index is -0.855. The molecule has 5 nitrogen and oxygen atoms in total. The maximum Gasteiger partial charge on any atom is 0.322 e. The molecule has 0 radical (unpaired) electrons. The molecule has 2 N–H and O–H groups in total. The van der Waals surface area contributed by atoms with Crippen molar-refractivity contribution in [3.63, 3.8) is 0 Å². The Balaban J connectivity index is 3.97. The van der Waals surface area contributed by atoms with E-state index >= 15 is 0 Å². The standard InChI is InChI=1S/C10H22N2O3/c1-8(9(13)15-5)11-6-10(2,14)7-12(3)4/h8,11,14H,6-7H2,1-5H3. The normalized spacial score (nSPS) is 17.3. The van der Waals surface area contributed by atoms with E-state index in [2.05, 4.69) is 10.1 Å². The van der Waals surface area contributed by atoms with Gasteiger partial charge in [-0.15, -0.1) is 0 Å². The SMILES string of the molecule is COC(=O)C(C)NCC(C)(O)CN(C)C. The Kier molecular flexibility index (Phi) is 5.79. The highest BCUT2D eigenvalue weighted by molar-refractivity contribution is 5.75. The van der Waals surface area contributed by atoms with Gasteiger partial charge in [-0.1, -0.05) is 0 Å². The van der Waals surface area contributed by atoms with Gasteiger partial charge in [0.1, 0.15) is 6.04 Å². The predicted octanol–water partition coefficient (Wildman–Crippen LogP) is -0.550. The van der Waals surface area contributed by atoms with E-state index < -0.39 is 11.6 Å². The molecule has 0 saturated carbocycles. The van der Waals surface area contributed by atoms with Gasteiger partial charge in [0.2, 0.25) is 0 Å². The zero-order valence-corrected chi connectivity index (χ0v) is 10.2. The van der Waals surface area contributed by atoms with Crippen molar-refractivity contribution in [2.75, 3.05) is 34.3 Å². The van der Waals surface area contributed by atoms with E-state index in [-0.39, 0.29) is 5.97 Å². The van der Waals surface area contributed by atoms with Crippen LogP contribution >= 0.6 is 0 Å². The van der Waals surface area contributed by atoms with Gasteiger partial charge >= 0.3 is 5.97 Å². The molecule has 0 aliphatic rings. The van der Waals surface area contributed by atoms with Crippen LogP contribution in [-0.4, -0.2) is 61.9 Å². The minimum Gasteiger partial charge on any atom is -0.468 e. The van der Waals surface area contributed by atoms with E-state index in [4.69, 9.17) is 0 Å². The van der Waals surface area contributed by atoms with E-state index in [0.717, 1.165) is 0 Å². The lowest BCUT2D eigenvalue weighted by Crippen LogP contribution is -2.49. The van der Waals surface area contributed by atoms with Gasteiger partial charge in [-0.2, -0.15) is 0 Å². The first-order valence-electron chi connectivity index (χ1n) is 4.97. The summed E-state index contributed by atoms with van der Waals surface area (Å²) in [7, 11) is 5.12. The molecule has 0 saturated heterocycles. The summed E-state index contributed by atoms with van der Waals surface area (Å²) in [6.07, 6.45) is 0. The van der Waals surface area contributed by atoms with Crippen LogP contribution in [-0.2, 0) is 9.53 Å². The summed E-state index contributed by atoms with van der Waals surface area (Å²) in [6, 6.07) is -0.399. The summed E-state index contributed by atoms with van der Waals surface area (Å²) in [5.74, 6) is -0.323. The van der Waals surface area contributed by atoms with Gasteiger partial charge in [-0.3, -0.25) is 4.79 Å². The minimum absolute atomic E-state index is 0.323. The number of hydrogen-bond donors (Lipinski definition) is 2. The van der Waals surface area contributed by atoms with Crippen molar-refractivity contribution in [3.05, 3.63) is 0 Å². The maximum atomic E-state index is 11.1. The van der Waals surface area contributed by atoms with Gasteiger partial charge in [0.15, 0.2) is 0 Å². The van der Waals surface area contributed by atoms with Crippen molar-refractivity contribution in [1.82, 2.24) is 10.2 Å². The fourth-order valence-electron chi connectivity index (χ4n) is 1.37. The summed E-state index contributed by atoms with van der Waals surface area (Å²) in [4.78, 5) is 13.0. The Morgan fingerprint density at radius 1 is 1.60 bits per heavy atom. The number of carbonyl (C=O) groups excluding carboxylic acids is 1. The highest BCUT2D eigenvalue weighted by atomic mass is 16.5. The van der Waals surface area contributed by atoms with Crippen LogP contribution in [0.4, 0.5) is 0 Å². The molecule has 2 atom stereocenters. The van der Waals surface area contributed by atoms with Crippen molar-refractivity contribution in [2.24, 2.45) is 0 Å². The number of nitrogens with zero attached hydrogens (tertiary/aromatic N) is 1. The van der Waals surface area contributed by atoms with Gasteiger partial charge in [-0.05, 0) is 27.9 Å². The Bertz CT molecular complexity index is 205. The lowest BCUT2D eigenvalue weighted by Gasteiger charge is -2.28. The molecule has 0 aromatic rings. The molecule has 0 heterocycles. The van der Waals surface area contributed by atoms with Gasteiger partial charge in [-0.25, -0.2) is 0 Å². The molecule has 90 valence electrons. The Hall–Kier alpha value is -0.650. The molecule has 5 heteroatoms. The number of rotatable bonds is 6. The lowest BCUT2D eigenvalue weighted by atomic mass is 10.1. The number of esters is 1. The third kappa shape index (κ3) is 6.43. The van der Waals surface area contributed by atoms with Crippen LogP contribution < -0.4 is 5.32 Å². The van der Waals surface area contributed by atoms with E-state index in [1.54, 1.807) is 13.8 Å². The van der Waals surface area contributed by atoms with Crippen molar-refractivity contribution in [3.8, 4) is 0 Å². The second kappa shape index (κ2) is 6.05. The zero-order valence-electron chi connectivity index (χ0n) is 10.2.